The summed E-state index contributed by atoms with van der Waals surface area (Å²) < 4.78 is 10.1. The van der Waals surface area contributed by atoms with Crippen LogP contribution in [0.3, 0.4) is 0 Å². The topological polar surface area (TPSA) is 78.6 Å². The second kappa shape index (κ2) is 7.94. The second-order valence-corrected chi connectivity index (χ2v) is 6.06. The van der Waals surface area contributed by atoms with Crippen molar-refractivity contribution < 1.29 is 19.1 Å². The summed E-state index contributed by atoms with van der Waals surface area (Å²) in [5, 5.41) is 0. The molecular formula is C17H25NO4. The van der Waals surface area contributed by atoms with Gasteiger partial charge >= 0.3 is 11.9 Å². The molecule has 1 rings (SSSR count). The smallest absolute Gasteiger partial charge is 0.328 e. The van der Waals surface area contributed by atoms with Gasteiger partial charge in [-0.3, -0.25) is 4.79 Å². The number of esters is 2. The summed E-state index contributed by atoms with van der Waals surface area (Å²) in [5.41, 5.74) is 7.03. The highest BCUT2D eigenvalue weighted by atomic mass is 16.6. The Kier molecular flexibility index (Phi) is 6.56. The minimum absolute atomic E-state index is 0.211. The molecule has 1 atom stereocenters. The van der Waals surface area contributed by atoms with Crippen molar-refractivity contribution in [1.82, 2.24) is 0 Å². The first-order chi connectivity index (χ1) is 10.2. The molecule has 0 radical (unpaired) electrons. The molecule has 1 unspecified atom stereocenters. The molecular weight excluding hydrogens is 282 g/mol. The Labute approximate surface area is 131 Å². The molecule has 0 saturated carbocycles. The van der Waals surface area contributed by atoms with Gasteiger partial charge in [-0.2, -0.15) is 0 Å². The molecule has 0 saturated heterocycles. The lowest BCUT2D eigenvalue weighted by Crippen LogP contribution is -2.31. The summed E-state index contributed by atoms with van der Waals surface area (Å²) >= 11 is 0. The Hall–Kier alpha value is -1.88. The highest BCUT2D eigenvalue weighted by molar-refractivity contribution is 5.77. The number of carbonyl (C=O) groups excluding carboxylic acids is 2. The molecule has 122 valence electrons. The van der Waals surface area contributed by atoms with Gasteiger partial charge < -0.3 is 15.2 Å². The standard InChI is InChI=1S/C17H25NO4/c1-5-21-14(19)11-8-12-6-9-13(10-7-12)15(18)16(20)22-17(2,3)4/h6-7,9-10,15H,5,8,11,18H2,1-4H3. The Morgan fingerprint density at radius 3 is 2.27 bits per heavy atom. The first-order valence-corrected chi connectivity index (χ1v) is 7.46. The zero-order valence-corrected chi connectivity index (χ0v) is 13.7. The van der Waals surface area contributed by atoms with Gasteiger partial charge in [0.25, 0.3) is 0 Å². The maximum Gasteiger partial charge on any atom is 0.328 e. The number of rotatable bonds is 6. The van der Waals surface area contributed by atoms with E-state index in [4.69, 9.17) is 15.2 Å². The average Bonchev–Trinajstić information content (AvgIpc) is 2.43. The molecule has 1 aromatic rings. The summed E-state index contributed by atoms with van der Waals surface area (Å²) in [7, 11) is 0. The number of aryl methyl sites for hydroxylation is 1. The Balaban J connectivity index is 2.60. The van der Waals surface area contributed by atoms with E-state index < -0.39 is 17.6 Å². The monoisotopic (exact) mass is 307 g/mol. The molecule has 0 spiro atoms. The van der Waals surface area contributed by atoms with E-state index in [0.29, 0.717) is 25.0 Å². The van der Waals surface area contributed by atoms with Gasteiger partial charge in [-0.15, -0.1) is 0 Å². The predicted octanol–water partition coefficient (Wildman–Crippen LogP) is 2.52. The highest BCUT2D eigenvalue weighted by Crippen LogP contribution is 2.17. The molecule has 5 heteroatoms. The van der Waals surface area contributed by atoms with Crippen LogP contribution in [0.15, 0.2) is 24.3 Å². The molecule has 0 aliphatic carbocycles. The zero-order valence-electron chi connectivity index (χ0n) is 13.7. The maximum atomic E-state index is 11.9. The van der Waals surface area contributed by atoms with Crippen LogP contribution in [-0.2, 0) is 25.5 Å². The van der Waals surface area contributed by atoms with Gasteiger partial charge in [-0.1, -0.05) is 24.3 Å². The lowest BCUT2D eigenvalue weighted by molar-refractivity contribution is -0.156. The van der Waals surface area contributed by atoms with E-state index in [-0.39, 0.29) is 5.97 Å². The third kappa shape index (κ3) is 6.26. The Bertz CT molecular complexity index is 502. The number of hydrogen-bond acceptors (Lipinski definition) is 5. The minimum Gasteiger partial charge on any atom is -0.466 e. The van der Waals surface area contributed by atoms with Crippen molar-refractivity contribution in [3.05, 3.63) is 35.4 Å². The van der Waals surface area contributed by atoms with Crippen molar-refractivity contribution in [1.29, 1.82) is 0 Å². The van der Waals surface area contributed by atoms with E-state index in [1.165, 1.54) is 0 Å². The van der Waals surface area contributed by atoms with Crippen LogP contribution in [0.25, 0.3) is 0 Å². The van der Waals surface area contributed by atoms with Gasteiger partial charge in [0.05, 0.1) is 6.61 Å². The SMILES string of the molecule is CCOC(=O)CCc1ccc(C(N)C(=O)OC(C)(C)C)cc1. The van der Waals surface area contributed by atoms with Crippen molar-refractivity contribution in [3.63, 3.8) is 0 Å². The molecule has 5 nitrogen and oxygen atoms in total. The summed E-state index contributed by atoms with van der Waals surface area (Å²) in [4.78, 5) is 23.2. The fourth-order valence-corrected chi connectivity index (χ4v) is 1.87. The molecule has 1 aromatic carbocycles. The number of hydrogen-bond donors (Lipinski definition) is 1. The van der Waals surface area contributed by atoms with Crippen LogP contribution in [0.4, 0.5) is 0 Å². The van der Waals surface area contributed by atoms with Crippen molar-refractivity contribution in [2.45, 2.75) is 52.2 Å². The van der Waals surface area contributed by atoms with Gasteiger partial charge in [0, 0.05) is 6.42 Å². The predicted molar refractivity (Wildman–Crippen MR) is 84.2 cm³/mol. The molecule has 0 aliphatic rings. The van der Waals surface area contributed by atoms with Crippen LogP contribution in [0, 0.1) is 0 Å². The number of nitrogens with two attached hydrogens (primary N) is 1. The van der Waals surface area contributed by atoms with Gasteiger partial charge in [-0.05, 0) is 45.2 Å². The largest absolute Gasteiger partial charge is 0.466 e. The van der Waals surface area contributed by atoms with E-state index >= 15 is 0 Å². The normalized spacial score (nSPS) is 12.6. The van der Waals surface area contributed by atoms with Crippen LogP contribution in [0.2, 0.25) is 0 Å². The third-order valence-electron chi connectivity index (χ3n) is 2.92. The zero-order chi connectivity index (χ0) is 16.8. The van der Waals surface area contributed by atoms with Crippen LogP contribution in [0.5, 0.6) is 0 Å². The molecule has 0 fully saturated rings. The highest BCUT2D eigenvalue weighted by Gasteiger charge is 2.23. The quantitative estimate of drug-likeness (QED) is 0.817. The molecule has 22 heavy (non-hydrogen) atoms. The van der Waals surface area contributed by atoms with E-state index in [1.54, 1.807) is 39.8 Å². The summed E-state index contributed by atoms with van der Waals surface area (Å²) in [5.74, 6) is -0.663. The summed E-state index contributed by atoms with van der Waals surface area (Å²) in [6, 6.07) is 6.49. The molecule has 0 amide bonds. The number of benzene rings is 1. The van der Waals surface area contributed by atoms with E-state index in [1.807, 2.05) is 12.1 Å². The molecule has 0 aromatic heterocycles. The van der Waals surface area contributed by atoms with E-state index in [9.17, 15) is 9.59 Å². The Morgan fingerprint density at radius 1 is 1.18 bits per heavy atom. The lowest BCUT2D eigenvalue weighted by Gasteiger charge is -2.22. The molecule has 0 aliphatic heterocycles. The van der Waals surface area contributed by atoms with Gasteiger partial charge in [0.15, 0.2) is 0 Å². The maximum absolute atomic E-state index is 11.9. The molecule has 0 bridgehead atoms. The van der Waals surface area contributed by atoms with E-state index in [0.717, 1.165) is 5.56 Å². The van der Waals surface area contributed by atoms with E-state index in [2.05, 4.69) is 0 Å². The van der Waals surface area contributed by atoms with Gasteiger partial charge in [0.1, 0.15) is 11.6 Å². The fourth-order valence-electron chi connectivity index (χ4n) is 1.87. The average molecular weight is 307 g/mol. The first kappa shape index (κ1) is 18.2. The van der Waals surface area contributed by atoms with Crippen molar-refractivity contribution >= 4 is 11.9 Å². The number of carbonyl (C=O) groups is 2. The fraction of sp³-hybridized carbons (Fsp3) is 0.529. The van der Waals surface area contributed by atoms with Crippen LogP contribution >= 0.6 is 0 Å². The lowest BCUT2D eigenvalue weighted by atomic mass is 10.0. The van der Waals surface area contributed by atoms with Crippen molar-refractivity contribution in [3.8, 4) is 0 Å². The number of ether oxygens (including phenoxy) is 2. The Morgan fingerprint density at radius 2 is 1.77 bits per heavy atom. The van der Waals surface area contributed by atoms with Crippen LogP contribution < -0.4 is 5.73 Å². The second-order valence-electron chi connectivity index (χ2n) is 6.06. The summed E-state index contributed by atoms with van der Waals surface area (Å²) in [6.07, 6.45) is 0.937. The van der Waals surface area contributed by atoms with Crippen LogP contribution in [0.1, 0.15) is 51.3 Å². The minimum atomic E-state index is -0.807. The van der Waals surface area contributed by atoms with Gasteiger partial charge in [-0.25, -0.2) is 4.79 Å². The third-order valence-corrected chi connectivity index (χ3v) is 2.92. The first-order valence-electron chi connectivity index (χ1n) is 7.46. The van der Waals surface area contributed by atoms with Gasteiger partial charge in [0.2, 0.25) is 0 Å². The van der Waals surface area contributed by atoms with Crippen LogP contribution in [-0.4, -0.2) is 24.1 Å². The van der Waals surface area contributed by atoms with Crippen molar-refractivity contribution in [2.75, 3.05) is 6.61 Å². The van der Waals surface area contributed by atoms with Crippen molar-refractivity contribution in [2.24, 2.45) is 5.73 Å². The summed E-state index contributed by atoms with van der Waals surface area (Å²) in [6.45, 7) is 7.58. The molecule has 0 heterocycles. The molecule has 2 N–H and O–H groups in total.